The summed E-state index contributed by atoms with van der Waals surface area (Å²) in [6.45, 7) is 6.00. The van der Waals surface area contributed by atoms with Gasteiger partial charge in [-0.1, -0.05) is 25.5 Å². The Bertz CT molecular complexity index is 722. The molecule has 0 aliphatic carbocycles. The minimum Gasteiger partial charge on any atom is -0.497 e. The van der Waals surface area contributed by atoms with Gasteiger partial charge in [0.2, 0.25) is 0 Å². The molecule has 144 valence electrons. The number of nitrogens with zero attached hydrogens (tertiary/aromatic N) is 2. The number of hydrogen-bond acceptors (Lipinski definition) is 3. The first-order valence-corrected chi connectivity index (χ1v) is 10.1. The number of anilines is 2. The fourth-order valence-electron chi connectivity index (χ4n) is 3.30. The smallest absolute Gasteiger partial charge is 0.173 e. The molecule has 5 heteroatoms. The quantitative estimate of drug-likeness (QED) is 0.739. The Kier molecular flexibility index (Phi) is 6.93. The molecule has 1 fully saturated rings. The first kappa shape index (κ1) is 19.5. The minimum atomic E-state index is 0.811. The summed E-state index contributed by atoms with van der Waals surface area (Å²) in [6, 6.07) is 16.9. The van der Waals surface area contributed by atoms with Crippen molar-refractivity contribution < 1.29 is 4.74 Å². The summed E-state index contributed by atoms with van der Waals surface area (Å²) in [5, 5.41) is 4.20. The average molecular weight is 384 g/mol. The van der Waals surface area contributed by atoms with Crippen LogP contribution in [0.5, 0.6) is 5.75 Å². The average Bonchev–Trinajstić information content (AvgIpc) is 2.73. The Morgan fingerprint density at radius 1 is 1.00 bits per heavy atom. The van der Waals surface area contributed by atoms with E-state index in [0.717, 1.165) is 49.1 Å². The predicted molar refractivity (Wildman–Crippen MR) is 118 cm³/mol. The van der Waals surface area contributed by atoms with E-state index in [2.05, 4.69) is 58.4 Å². The van der Waals surface area contributed by atoms with Crippen LogP contribution in [0.3, 0.4) is 0 Å². The second-order valence-corrected chi connectivity index (χ2v) is 7.29. The number of benzene rings is 2. The molecular formula is C22H29N3OS. The van der Waals surface area contributed by atoms with Crippen LogP contribution in [0.2, 0.25) is 0 Å². The Morgan fingerprint density at radius 3 is 2.26 bits per heavy atom. The van der Waals surface area contributed by atoms with Gasteiger partial charge >= 0.3 is 0 Å². The summed E-state index contributed by atoms with van der Waals surface area (Å²) in [6.07, 6.45) is 3.62. The van der Waals surface area contributed by atoms with E-state index in [4.69, 9.17) is 17.0 Å². The maximum Gasteiger partial charge on any atom is 0.173 e. The van der Waals surface area contributed by atoms with Crippen molar-refractivity contribution in [1.82, 2.24) is 4.90 Å². The predicted octanol–water partition coefficient (Wildman–Crippen LogP) is 4.56. The molecular weight excluding hydrogens is 354 g/mol. The molecule has 1 aliphatic rings. The van der Waals surface area contributed by atoms with Gasteiger partial charge in [0.05, 0.1) is 7.11 Å². The lowest BCUT2D eigenvalue weighted by Gasteiger charge is -2.37. The van der Waals surface area contributed by atoms with Crippen LogP contribution in [0, 0.1) is 0 Å². The Morgan fingerprint density at radius 2 is 1.67 bits per heavy atom. The molecule has 3 rings (SSSR count). The van der Waals surface area contributed by atoms with Crippen molar-refractivity contribution in [3.8, 4) is 5.75 Å². The van der Waals surface area contributed by atoms with Gasteiger partial charge in [-0.15, -0.1) is 0 Å². The van der Waals surface area contributed by atoms with Crippen molar-refractivity contribution in [1.29, 1.82) is 0 Å². The lowest BCUT2D eigenvalue weighted by Crippen LogP contribution is -2.50. The molecule has 4 nitrogen and oxygen atoms in total. The van der Waals surface area contributed by atoms with Crippen LogP contribution < -0.4 is 15.0 Å². The number of rotatable bonds is 6. The lowest BCUT2D eigenvalue weighted by atomic mass is 10.1. The maximum atomic E-state index is 5.63. The normalized spacial score (nSPS) is 14.1. The second kappa shape index (κ2) is 9.60. The third-order valence-electron chi connectivity index (χ3n) is 5.03. The molecule has 1 aliphatic heterocycles. The van der Waals surface area contributed by atoms with Crippen molar-refractivity contribution in [2.45, 2.75) is 26.2 Å². The molecule has 27 heavy (non-hydrogen) atoms. The van der Waals surface area contributed by atoms with E-state index in [1.54, 1.807) is 7.11 Å². The Hall–Kier alpha value is -2.27. The van der Waals surface area contributed by atoms with Gasteiger partial charge in [0.15, 0.2) is 5.11 Å². The third kappa shape index (κ3) is 5.36. The number of unbranched alkanes of at least 4 members (excludes halogenated alkanes) is 1. The van der Waals surface area contributed by atoms with Crippen LogP contribution >= 0.6 is 12.2 Å². The summed E-state index contributed by atoms with van der Waals surface area (Å²) < 4.78 is 5.24. The van der Waals surface area contributed by atoms with Gasteiger partial charge in [-0.25, -0.2) is 0 Å². The number of ether oxygens (including phenoxy) is 1. The van der Waals surface area contributed by atoms with Gasteiger partial charge in [-0.3, -0.25) is 0 Å². The van der Waals surface area contributed by atoms with E-state index in [-0.39, 0.29) is 0 Å². The number of aryl methyl sites for hydroxylation is 1. The van der Waals surface area contributed by atoms with Crippen molar-refractivity contribution in [2.75, 3.05) is 43.5 Å². The molecule has 1 saturated heterocycles. The summed E-state index contributed by atoms with van der Waals surface area (Å²) in [7, 11) is 1.69. The minimum absolute atomic E-state index is 0.811. The number of nitrogens with one attached hydrogen (secondary N) is 1. The molecule has 2 aromatic rings. The van der Waals surface area contributed by atoms with Crippen LogP contribution in [-0.2, 0) is 6.42 Å². The molecule has 0 amide bonds. The summed E-state index contributed by atoms with van der Waals surface area (Å²) in [5.74, 6) is 0.892. The van der Waals surface area contributed by atoms with Gasteiger partial charge in [-0.2, -0.15) is 0 Å². The summed E-state index contributed by atoms with van der Waals surface area (Å²) in [5.41, 5.74) is 3.69. The molecule has 0 atom stereocenters. The molecule has 1 N–H and O–H groups in total. The number of piperazine rings is 1. The lowest BCUT2D eigenvalue weighted by molar-refractivity contribution is 0.390. The van der Waals surface area contributed by atoms with E-state index in [1.807, 2.05) is 12.1 Å². The van der Waals surface area contributed by atoms with Crippen molar-refractivity contribution >= 4 is 28.7 Å². The SMILES string of the molecule is CCCCc1ccc(NC(=S)N2CCN(c3ccc(OC)cc3)CC2)cc1. The molecule has 1 heterocycles. The van der Waals surface area contributed by atoms with Crippen molar-refractivity contribution in [3.63, 3.8) is 0 Å². The van der Waals surface area contributed by atoms with Gasteiger partial charge in [0, 0.05) is 37.6 Å². The van der Waals surface area contributed by atoms with E-state index >= 15 is 0 Å². The molecule has 0 radical (unpaired) electrons. The first-order valence-electron chi connectivity index (χ1n) is 9.73. The highest BCUT2D eigenvalue weighted by Crippen LogP contribution is 2.21. The Balaban J connectivity index is 1.49. The molecule has 2 aromatic carbocycles. The van der Waals surface area contributed by atoms with Crippen LogP contribution in [-0.4, -0.2) is 43.3 Å². The zero-order valence-electron chi connectivity index (χ0n) is 16.3. The van der Waals surface area contributed by atoms with Gasteiger partial charge in [-0.05, 0) is 67.0 Å². The third-order valence-corrected chi connectivity index (χ3v) is 5.39. The van der Waals surface area contributed by atoms with E-state index in [9.17, 15) is 0 Å². The van der Waals surface area contributed by atoms with Crippen LogP contribution in [0.1, 0.15) is 25.3 Å². The number of hydrogen-bond donors (Lipinski definition) is 1. The largest absolute Gasteiger partial charge is 0.497 e. The molecule has 0 aromatic heterocycles. The Labute approximate surface area is 168 Å². The zero-order chi connectivity index (χ0) is 19.1. The molecule has 0 saturated carbocycles. The van der Waals surface area contributed by atoms with Gasteiger partial charge in [0.25, 0.3) is 0 Å². The second-order valence-electron chi connectivity index (χ2n) is 6.90. The van der Waals surface area contributed by atoms with Crippen molar-refractivity contribution in [3.05, 3.63) is 54.1 Å². The first-order chi connectivity index (χ1) is 13.2. The van der Waals surface area contributed by atoms with Gasteiger partial charge in [0.1, 0.15) is 5.75 Å². The number of methoxy groups -OCH3 is 1. The highest BCUT2D eigenvalue weighted by atomic mass is 32.1. The fourth-order valence-corrected chi connectivity index (χ4v) is 3.60. The molecule has 0 bridgehead atoms. The van der Waals surface area contributed by atoms with Crippen LogP contribution in [0.4, 0.5) is 11.4 Å². The highest BCUT2D eigenvalue weighted by molar-refractivity contribution is 7.80. The summed E-state index contributed by atoms with van der Waals surface area (Å²) in [4.78, 5) is 4.64. The van der Waals surface area contributed by atoms with Crippen LogP contribution in [0.15, 0.2) is 48.5 Å². The van der Waals surface area contributed by atoms with Gasteiger partial charge < -0.3 is 19.9 Å². The molecule has 0 unspecified atom stereocenters. The monoisotopic (exact) mass is 383 g/mol. The summed E-state index contributed by atoms with van der Waals surface area (Å²) >= 11 is 5.63. The zero-order valence-corrected chi connectivity index (χ0v) is 17.1. The van der Waals surface area contributed by atoms with Crippen LogP contribution in [0.25, 0.3) is 0 Å². The fraction of sp³-hybridized carbons (Fsp3) is 0.409. The molecule has 0 spiro atoms. The van der Waals surface area contributed by atoms with E-state index in [1.165, 1.54) is 24.1 Å². The van der Waals surface area contributed by atoms with E-state index in [0.29, 0.717) is 0 Å². The number of thiocarbonyl (C=S) groups is 1. The van der Waals surface area contributed by atoms with E-state index < -0.39 is 0 Å². The topological polar surface area (TPSA) is 27.7 Å². The maximum absolute atomic E-state index is 5.63. The standard InChI is InChI=1S/C22H29N3OS/c1-3-4-5-18-6-8-19(9-7-18)23-22(27)25-16-14-24(15-17-25)20-10-12-21(26-2)13-11-20/h6-13H,3-5,14-17H2,1-2H3,(H,23,27). The highest BCUT2D eigenvalue weighted by Gasteiger charge is 2.19. The van der Waals surface area contributed by atoms with Crippen molar-refractivity contribution in [2.24, 2.45) is 0 Å².